The smallest absolute Gasteiger partial charge is 0.320 e. The number of imide groups is 2. The third-order valence-corrected chi connectivity index (χ3v) is 14.1. The molecule has 0 spiro atoms. The maximum Gasteiger partial charge on any atom is 0.320 e. The van der Waals surface area contributed by atoms with Crippen LogP contribution in [-0.4, -0.2) is 171 Å². The molecule has 0 radical (unpaired) electrons. The number of aromatic nitrogens is 3. The summed E-state index contributed by atoms with van der Waals surface area (Å²) in [5.41, 5.74) is 8.94. The number of aliphatic carboxylic acids is 1. The molecule has 66 heavy (non-hydrogen) atoms. The van der Waals surface area contributed by atoms with Crippen LogP contribution in [0.5, 0.6) is 0 Å². The van der Waals surface area contributed by atoms with Gasteiger partial charge < -0.3 is 40.7 Å². The fourth-order valence-corrected chi connectivity index (χ4v) is 10.5. The highest BCUT2D eigenvalue weighted by atomic mass is 16.4. The van der Waals surface area contributed by atoms with Crippen molar-refractivity contribution in [1.29, 1.82) is 0 Å². The number of amides is 7. The second kappa shape index (κ2) is 18.7. The Labute approximate surface area is 382 Å². The molecule has 2 aromatic carbocycles. The van der Waals surface area contributed by atoms with Gasteiger partial charge in [-0.05, 0) is 106 Å². The molecule has 3 atom stereocenters. The van der Waals surface area contributed by atoms with Gasteiger partial charge in [-0.2, -0.15) is 4.98 Å². The lowest BCUT2D eigenvalue weighted by molar-refractivity contribution is -0.152. The topological polar surface area (TPSA) is 239 Å². The van der Waals surface area contributed by atoms with E-state index in [9.17, 15) is 33.6 Å². The largest absolute Gasteiger partial charge is 0.481 e. The van der Waals surface area contributed by atoms with E-state index in [1.807, 2.05) is 35.0 Å². The third kappa shape index (κ3) is 8.97. The third-order valence-electron chi connectivity index (χ3n) is 14.1. The van der Waals surface area contributed by atoms with Gasteiger partial charge in [0.2, 0.25) is 11.9 Å². The lowest BCUT2D eigenvalue weighted by Crippen LogP contribution is -2.56. The van der Waals surface area contributed by atoms with Crippen molar-refractivity contribution in [3.8, 4) is 0 Å². The predicted molar refractivity (Wildman–Crippen MR) is 240 cm³/mol. The molecular weight excluding hydrogens is 849 g/mol. The number of hydrogen-bond donors (Lipinski definition) is 3. The Balaban J connectivity index is 0.762. The monoisotopic (exact) mass is 904 g/mol. The van der Waals surface area contributed by atoms with Gasteiger partial charge in [0.15, 0.2) is 11.5 Å². The van der Waals surface area contributed by atoms with Gasteiger partial charge in [-0.15, -0.1) is 10.2 Å². The molecule has 348 valence electrons. The van der Waals surface area contributed by atoms with Crippen LogP contribution in [0.25, 0.3) is 0 Å². The van der Waals surface area contributed by atoms with Crippen molar-refractivity contribution >= 4 is 64.7 Å². The van der Waals surface area contributed by atoms with Crippen LogP contribution in [0, 0.1) is 5.92 Å². The number of benzene rings is 2. The van der Waals surface area contributed by atoms with Gasteiger partial charge in [0, 0.05) is 83.6 Å². The highest BCUT2D eigenvalue weighted by molar-refractivity contribution is 6.23. The first-order chi connectivity index (χ1) is 31.8. The Hall–Kier alpha value is -6.70. The Bertz CT molecular complexity index is 2430. The highest BCUT2D eigenvalue weighted by Crippen LogP contribution is 2.35. The predicted octanol–water partition coefficient (Wildman–Crippen LogP) is 2.73. The number of nitrogens with zero attached hydrogens (tertiary/aromatic N) is 10. The number of likely N-dealkylation sites (tertiary alicyclic amines) is 2. The summed E-state index contributed by atoms with van der Waals surface area (Å²) in [4.78, 5) is 106. The van der Waals surface area contributed by atoms with Gasteiger partial charge in [-0.1, -0.05) is 12.1 Å². The molecule has 3 aromatic rings. The number of nitrogens with two attached hydrogens (primary N) is 1. The van der Waals surface area contributed by atoms with Crippen LogP contribution in [-0.2, 0) is 14.4 Å². The molecule has 7 heterocycles. The van der Waals surface area contributed by atoms with E-state index in [0.29, 0.717) is 44.0 Å². The van der Waals surface area contributed by atoms with Crippen LogP contribution < -0.4 is 20.9 Å². The number of carbonyl (C=O) groups excluding carboxylic acids is 6. The number of hydrogen-bond acceptors (Lipinski definition) is 14. The number of rotatable bonds is 14. The van der Waals surface area contributed by atoms with Crippen LogP contribution in [0.15, 0.2) is 42.5 Å². The molecule has 0 bridgehead atoms. The first kappa shape index (κ1) is 44.5. The minimum absolute atomic E-state index is 0.0168. The number of nitrogens with one attached hydrogen (secondary N) is 1. The van der Waals surface area contributed by atoms with Gasteiger partial charge in [0.1, 0.15) is 6.04 Å². The van der Waals surface area contributed by atoms with E-state index in [2.05, 4.69) is 37.4 Å². The van der Waals surface area contributed by atoms with Gasteiger partial charge in [-0.25, -0.2) is 4.79 Å². The van der Waals surface area contributed by atoms with Gasteiger partial charge in [0.25, 0.3) is 23.6 Å². The van der Waals surface area contributed by atoms with Crippen molar-refractivity contribution in [2.24, 2.45) is 11.7 Å². The standard InChI is InChI=1S/C46H56N12O8/c1-52-22-23-56(46(52)66)33-4-2-17-55(27-33)45-49-41(39(40(47)62)50-51-45)48-31-8-6-29(7-9-31)30-15-19-53(20-16-30)25-28-14-21-54(26-28)32-10-11-34-35(24-32)43(64)58(42(34)63)36-12-13-37(59)57(44(36)65)18-3-5-38(60)61/h6-11,24,28,30,33,36H,2-5,12-23,25-27H2,1H3,(H2,47,62)(H,60,61)(H,48,49,51)/t28?,33-,36?/m1/s1. The summed E-state index contributed by atoms with van der Waals surface area (Å²) in [6.07, 6.45) is 4.69. The van der Waals surface area contributed by atoms with Crippen molar-refractivity contribution < 1.29 is 38.7 Å². The zero-order valence-electron chi connectivity index (χ0n) is 37.1. The maximum atomic E-state index is 13.7. The van der Waals surface area contributed by atoms with E-state index < -0.39 is 41.5 Å². The Morgan fingerprint density at radius 3 is 2.33 bits per heavy atom. The molecule has 7 amide bonds. The molecule has 6 aliphatic heterocycles. The number of carboxylic acid groups (broad SMARTS) is 1. The number of likely N-dealkylation sites (N-methyl/N-ethyl adjacent to an activating group) is 1. The van der Waals surface area contributed by atoms with Crippen LogP contribution in [0.1, 0.15) is 100 Å². The SMILES string of the molecule is CN1CCN([C@@H]2CCCN(c3nnc(C(N)=O)c(Nc4ccc(C5CCN(CC6CCN(c7ccc8c(c7)C(=O)N(C7CCC(=O)N(CCCC(=O)O)C7=O)C8=O)C6)CC5)cc4)n3)C2)C1=O. The average Bonchev–Trinajstić information content (AvgIpc) is 3.99. The van der Waals surface area contributed by atoms with E-state index in [1.54, 1.807) is 17.0 Å². The molecule has 9 rings (SSSR count). The van der Waals surface area contributed by atoms with E-state index >= 15 is 0 Å². The minimum Gasteiger partial charge on any atom is -0.481 e. The Morgan fingerprint density at radius 2 is 1.61 bits per heavy atom. The van der Waals surface area contributed by atoms with Crippen molar-refractivity contribution in [3.05, 3.63) is 64.8 Å². The fraction of sp³-hybridized carbons (Fsp3) is 0.522. The van der Waals surface area contributed by atoms with E-state index in [0.717, 1.165) is 86.0 Å². The molecular formula is C46H56N12O8. The summed E-state index contributed by atoms with van der Waals surface area (Å²) in [7, 11) is 1.81. The fourth-order valence-electron chi connectivity index (χ4n) is 10.5. The maximum absolute atomic E-state index is 13.7. The summed E-state index contributed by atoms with van der Waals surface area (Å²) in [5.74, 6) is -2.53. The zero-order chi connectivity index (χ0) is 46.2. The quantitative estimate of drug-likeness (QED) is 0.197. The molecule has 20 heteroatoms. The van der Waals surface area contributed by atoms with Crippen LogP contribution in [0.4, 0.5) is 27.9 Å². The first-order valence-corrected chi connectivity index (χ1v) is 23.1. The van der Waals surface area contributed by atoms with Crippen LogP contribution in [0.3, 0.4) is 0 Å². The van der Waals surface area contributed by atoms with Crippen molar-refractivity contribution in [2.75, 3.05) is 87.6 Å². The van der Waals surface area contributed by atoms with Crippen molar-refractivity contribution in [3.63, 3.8) is 0 Å². The molecule has 6 aliphatic rings. The van der Waals surface area contributed by atoms with Crippen molar-refractivity contribution in [1.82, 2.24) is 39.7 Å². The molecule has 5 fully saturated rings. The number of fused-ring (bicyclic) bond motifs is 1. The van der Waals surface area contributed by atoms with E-state index in [1.165, 1.54) is 5.56 Å². The summed E-state index contributed by atoms with van der Waals surface area (Å²) in [6.45, 7) is 7.10. The summed E-state index contributed by atoms with van der Waals surface area (Å²) in [5, 5.41) is 20.7. The molecule has 4 N–H and O–H groups in total. The molecule has 5 saturated heterocycles. The second-order valence-corrected chi connectivity index (χ2v) is 18.4. The summed E-state index contributed by atoms with van der Waals surface area (Å²) < 4.78 is 0. The van der Waals surface area contributed by atoms with Gasteiger partial charge >= 0.3 is 12.0 Å². The van der Waals surface area contributed by atoms with Gasteiger partial charge in [-0.3, -0.25) is 38.6 Å². The first-order valence-electron chi connectivity index (χ1n) is 23.1. The highest BCUT2D eigenvalue weighted by Gasteiger charge is 2.47. The Morgan fingerprint density at radius 1 is 0.833 bits per heavy atom. The average molecular weight is 905 g/mol. The second-order valence-electron chi connectivity index (χ2n) is 18.4. The number of urea groups is 1. The zero-order valence-corrected chi connectivity index (χ0v) is 37.1. The molecule has 0 saturated carbocycles. The number of anilines is 4. The van der Waals surface area contributed by atoms with Gasteiger partial charge in [0.05, 0.1) is 17.2 Å². The summed E-state index contributed by atoms with van der Waals surface area (Å²) >= 11 is 0. The Kier molecular flexibility index (Phi) is 12.6. The molecule has 1 aromatic heterocycles. The van der Waals surface area contributed by atoms with E-state index in [-0.39, 0.29) is 66.9 Å². The lowest BCUT2D eigenvalue weighted by atomic mass is 9.89. The number of piperidine rings is 3. The normalized spacial score (nSPS) is 23.1. The van der Waals surface area contributed by atoms with E-state index in [4.69, 9.17) is 15.8 Å². The lowest BCUT2D eigenvalue weighted by Gasteiger charge is -2.37. The van der Waals surface area contributed by atoms with Crippen molar-refractivity contribution in [2.45, 2.75) is 75.8 Å². The number of carbonyl (C=O) groups is 7. The molecule has 20 nitrogen and oxygen atoms in total. The van der Waals surface area contributed by atoms with Crippen LogP contribution in [0.2, 0.25) is 0 Å². The number of primary amides is 1. The minimum atomic E-state index is -1.11. The number of carboxylic acids is 1. The van der Waals surface area contributed by atoms with Crippen LogP contribution >= 0.6 is 0 Å². The summed E-state index contributed by atoms with van der Waals surface area (Å²) in [6, 6.07) is 12.4. The molecule has 0 aliphatic carbocycles. The molecule has 2 unspecified atom stereocenters.